The van der Waals surface area contributed by atoms with Crippen molar-refractivity contribution in [1.29, 1.82) is 0 Å². The van der Waals surface area contributed by atoms with Gasteiger partial charge in [-0.05, 0) is 61.9 Å². The zero-order valence-corrected chi connectivity index (χ0v) is 17.9. The molecule has 2 aromatic carbocycles. The third-order valence-electron chi connectivity index (χ3n) is 5.52. The first-order valence-corrected chi connectivity index (χ1v) is 10.3. The van der Waals surface area contributed by atoms with Crippen LogP contribution in [0.4, 0.5) is 0 Å². The van der Waals surface area contributed by atoms with Gasteiger partial charge >= 0.3 is 0 Å². The van der Waals surface area contributed by atoms with E-state index in [2.05, 4.69) is 4.57 Å². The Morgan fingerprint density at radius 1 is 0.968 bits per heavy atom. The number of ketones is 2. The minimum atomic E-state index is -0.0845. The molecule has 31 heavy (non-hydrogen) atoms. The van der Waals surface area contributed by atoms with Gasteiger partial charge in [0.2, 0.25) is 12.6 Å². The molecule has 0 spiro atoms. The monoisotopic (exact) mass is 419 g/mol. The first kappa shape index (κ1) is 20.7. The van der Waals surface area contributed by atoms with Crippen LogP contribution in [0.3, 0.4) is 0 Å². The number of hydrogen-bond acceptors (Lipinski definition) is 5. The molecule has 0 saturated heterocycles. The second-order valence-corrected chi connectivity index (χ2v) is 7.57. The van der Waals surface area contributed by atoms with Gasteiger partial charge in [-0.1, -0.05) is 13.0 Å². The molecule has 0 bridgehead atoms. The van der Waals surface area contributed by atoms with Gasteiger partial charge in [0.25, 0.3) is 0 Å². The van der Waals surface area contributed by atoms with E-state index in [0.29, 0.717) is 29.8 Å². The molecule has 1 aromatic heterocycles. The molecule has 0 aliphatic carbocycles. The lowest BCUT2D eigenvalue weighted by Crippen LogP contribution is -2.13. The summed E-state index contributed by atoms with van der Waals surface area (Å²) in [7, 11) is 0. The molecule has 0 amide bonds. The van der Waals surface area contributed by atoms with Gasteiger partial charge in [-0.3, -0.25) is 9.59 Å². The molecule has 6 heteroatoms. The molecule has 3 aromatic rings. The lowest BCUT2D eigenvalue weighted by Gasteiger charge is -2.11. The summed E-state index contributed by atoms with van der Waals surface area (Å²) in [6.45, 7) is 6.58. The number of ether oxygens (including phenoxy) is 3. The molecule has 0 unspecified atom stereocenters. The minimum absolute atomic E-state index is 0.0601. The van der Waals surface area contributed by atoms with Crippen molar-refractivity contribution in [3.05, 3.63) is 76.6 Å². The van der Waals surface area contributed by atoms with E-state index in [1.54, 1.807) is 24.3 Å². The summed E-state index contributed by atoms with van der Waals surface area (Å²) in [6.07, 6.45) is 0.459. The van der Waals surface area contributed by atoms with Gasteiger partial charge in [0.1, 0.15) is 5.75 Å². The molecule has 0 fully saturated rings. The lowest BCUT2D eigenvalue weighted by molar-refractivity contribution is 0.0919. The SMILES string of the molecule is CCC(=O)c1ccc(OCC(=O)c2cc(C)n(Cc3ccc4c(c3)OCO4)c2C)cc1. The predicted octanol–water partition coefficient (Wildman–Crippen LogP) is 4.74. The molecule has 0 radical (unpaired) electrons. The highest BCUT2D eigenvalue weighted by Gasteiger charge is 2.18. The van der Waals surface area contributed by atoms with E-state index in [-0.39, 0.29) is 25.0 Å². The van der Waals surface area contributed by atoms with E-state index in [4.69, 9.17) is 14.2 Å². The van der Waals surface area contributed by atoms with Crippen molar-refractivity contribution in [1.82, 2.24) is 4.57 Å². The van der Waals surface area contributed by atoms with Gasteiger partial charge in [-0.25, -0.2) is 0 Å². The Bertz CT molecular complexity index is 1130. The molecule has 0 atom stereocenters. The number of nitrogens with zero attached hydrogens (tertiary/aromatic N) is 1. The van der Waals surface area contributed by atoms with Crippen LogP contribution in [-0.2, 0) is 6.54 Å². The standard InChI is InChI=1S/C25H25NO5/c1-4-22(27)19-6-8-20(9-7-19)29-14-23(28)21-11-16(2)26(17(21)3)13-18-5-10-24-25(12-18)31-15-30-24/h5-12H,4,13-15H2,1-3H3. The van der Waals surface area contributed by atoms with Crippen LogP contribution in [0.5, 0.6) is 17.2 Å². The van der Waals surface area contributed by atoms with Crippen molar-refractivity contribution < 1.29 is 23.8 Å². The summed E-state index contributed by atoms with van der Waals surface area (Å²) in [5, 5.41) is 0. The molecular formula is C25H25NO5. The first-order chi connectivity index (χ1) is 15.0. The molecular weight excluding hydrogens is 394 g/mol. The second kappa shape index (κ2) is 8.68. The average Bonchev–Trinajstić information content (AvgIpc) is 3.36. The van der Waals surface area contributed by atoms with Crippen LogP contribution in [0.1, 0.15) is 51.0 Å². The molecule has 1 aliphatic rings. The Labute approximate surface area is 181 Å². The number of rotatable bonds is 8. The number of aromatic nitrogens is 1. The highest BCUT2D eigenvalue weighted by Crippen LogP contribution is 2.33. The number of carbonyl (C=O) groups is 2. The van der Waals surface area contributed by atoms with Crippen molar-refractivity contribution in [2.45, 2.75) is 33.7 Å². The average molecular weight is 419 g/mol. The van der Waals surface area contributed by atoms with Crippen molar-refractivity contribution in [2.75, 3.05) is 13.4 Å². The Balaban J connectivity index is 1.44. The quantitative estimate of drug-likeness (QED) is 0.494. The lowest BCUT2D eigenvalue weighted by atomic mass is 10.1. The van der Waals surface area contributed by atoms with E-state index in [1.165, 1.54) is 0 Å². The van der Waals surface area contributed by atoms with Gasteiger partial charge in [0.05, 0.1) is 0 Å². The highest BCUT2D eigenvalue weighted by molar-refractivity contribution is 5.98. The Morgan fingerprint density at radius 2 is 1.71 bits per heavy atom. The molecule has 2 heterocycles. The highest BCUT2D eigenvalue weighted by atomic mass is 16.7. The molecule has 0 saturated carbocycles. The van der Waals surface area contributed by atoms with Crippen molar-refractivity contribution >= 4 is 11.6 Å². The largest absolute Gasteiger partial charge is 0.485 e. The topological polar surface area (TPSA) is 66.8 Å². The number of Topliss-reactive ketones (excluding diaryl/α,β-unsaturated/α-hetero) is 2. The van der Waals surface area contributed by atoms with Crippen LogP contribution >= 0.6 is 0 Å². The summed E-state index contributed by atoms with van der Waals surface area (Å²) in [5.74, 6) is 2.06. The van der Waals surface area contributed by atoms with E-state index in [9.17, 15) is 9.59 Å². The van der Waals surface area contributed by atoms with Crippen LogP contribution < -0.4 is 14.2 Å². The summed E-state index contributed by atoms with van der Waals surface area (Å²) >= 11 is 0. The van der Waals surface area contributed by atoms with E-state index in [1.807, 2.05) is 45.0 Å². The van der Waals surface area contributed by atoms with Crippen LogP contribution in [-0.4, -0.2) is 29.5 Å². The maximum Gasteiger partial charge on any atom is 0.231 e. The summed E-state index contributed by atoms with van der Waals surface area (Å²) < 4.78 is 18.6. The van der Waals surface area contributed by atoms with Crippen LogP contribution in [0, 0.1) is 13.8 Å². The maximum atomic E-state index is 12.8. The minimum Gasteiger partial charge on any atom is -0.485 e. The number of fused-ring (bicyclic) bond motifs is 1. The van der Waals surface area contributed by atoms with Gasteiger partial charge in [-0.15, -0.1) is 0 Å². The molecule has 4 rings (SSSR count). The summed E-state index contributed by atoms with van der Waals surface area (Å²) in [5.41, 5.74) is 4.26. The maximum absolute atomic E-state index is 12.8. The van der Waals surface area contributed by atoms with Crippen LogP contribution in [0.15, 0.2) is 48.5 Å². The molecule has 160 valence electrons. The third kappa shape index (κ3) is 4.33. The Morgan fingerprint density at radius 3 is 2.45 bits per heavy atom. The van der Waals surface area contributed by atoms with Crippen molar-refractivity contribution in [3.63, 3.8) is 0 Å². The van der Waals surface area contributed by atoms with Crippen molar-refractivity contribution in [3.8, 4) is 17.2 Å². The number of benzene rings is 2. The van der Waals surface area contributed by atoms with Gasteiger partial charge in [0.15, 0.2) is 23.9 Å². The fourth-order valence-corrected chi connectivity index (χ4v) is 3.72. The van der Waals surface area contributed by atoms with Crippen LogP contribution in [0.2, 0.25) is 0 Å². The second-order valence-electron chi connectivity index (χ2n) is 7.57. The number of aryl methyl sites for hydroxylation is 1. The Kier molecular flexibility index (Phi) is 5.80. The number of hydrogen-bond donors (Lipinski definition) is 0. The Hall–Kier alpha value is -3.54. The van der Waals surface area contributed by atoms with Crippen molar-refractivity contribution in [2.24, 2.45) is 0 Å². The fraction of sp³-hybridized carbons (Fsp3) is 0.280. The third-order valence-corrected chi connectivity index (χ3v) is 5.52. The van der Waals surface area contributed by atoms with Crippen LogP contribution in [0.25, 0.3) is 0 Å². The van der Waals surface area contributed by atoms with E-state index < -0.39 is 0 Å². The summed E-state index contributed by atoms with van der Waals surface area (Å²) in [4.78, 5) is 24.5. The zero-order valence-electron chi connectivity index (χ0n) is 17.9. The van der Waals surface area contributed by atoms with Gasteiger partial charge < -0.3 is 18.8 Å². The normalized spacial score (nSPS) is 12.1. The zero-order chi connectivity index (χ0) is 22.0. The molecule has 0 N–H and O–H groups in total. The van der Waals surface area contributed by atoms with E-state index in [0.717, 1.165) is 28.5 Å². The first-order valence-electron chi connectivity index (χ1n) is 10.3. The summed E-state index contributed by atoms with van der Waals surface area (Å²) in [6, 6.07) is 14.7. The number of carbonyl (C=O) groups excluding carboxylic acids is 2. The molecule has 1 aliphatic heterocycles. The van der Waals surface area contributed by atoms with Gasteiger partial charge in [-0.2, -0.15) is 0 Å². The predicted molar refractivity (Wildman–Crippen MR) is 116 cm³/mol. The smallest absolute Gasteiger partial charge is 0.231 e. The fourth-order valence-electron chi connectivity index (χ4n) is 3.72. The van der Waals surface area contributed by atoms with Gasteiger partial charge in [0, 0.05) is 35.5 Å². The molecule has 6 nitrogen and oxygen atoms in total. The van der Waals surface area contributed by atoms with E-state index >= 15 is 0 Å².